The smallest absolute Gasteiger partial charge is 0.223 e. The standard InChI is InChI=1S/C17H20N2O/c1-13-8-10-19(11-9-13)17(20)7-6-14-12-18-16-5-3-2-4-15(14)16/h2-5,8,12,18H,6-7,9-11H2,1H3. The summed E-state index contributed by atoms with van der Waals surface area (Å²) in [6, 6.07) is 8.24. The molecule has 1 aliphatic rings. The second-order valence-corrected chi connectivity index (χ2v) is 5.50. The second kappa shape index (κ2) is 5.53. The average Bonchev–Trinajstić information content (AvgIpc) is 2.89. The average molecular weight is 268 g/mol. The van der Waals surface area contributed by atoms with Crippen molar-refractivity contribution < 1.29 is 4.79 Å². The number of amides is 1. The van der Waals surface area contributed by atoms with Crippen LogP contribution in [0.4, 0.5) is 0 Å². The molecule has 0 aliphatic carbocycles. The molecule has 104 valence electrons. The van der Waals surface area contributed by atoms with Gasteiger partial charge in [-0.05, 0) is 31.4 Å². The van der Waals surface area contributed by atoms with Crippen LogP contribution in [0, 0.1) is 0 Å². The van der Waals surface area contributed by atoms with Crippen molar-refractivity contribution in [3.8, 4) is 0 Å². The molecule has 0 radical (unpaired) electrons. The van der Waals surface area contributed by atoms with E-state index in [-0.39, 0.29) is 5.91 Å². The maximum atomic E-state index is 12.2. The molecule has 0 saturated heterocycles. The minimum absolute atomic E-state index is 0.263. The summed E-state index contributed by atoms with van der Waals surface area (Å²) in [4.78, 5) is 17.4. The summed E-state index contributed by atoms with van der Waals surface area (Å²) >= 11 is 0. The van der Waals surface area contributed by atoms with Crippen LogP contribution in [-0.4, -0.2) is 28.9 Å². The van der Waals surface area contributed by atoms with Crippen LogP contribution in [0.25, 0.3) is 10.9 Å². The molecule has 3 rings (SSSR count). The van der Waals surface area contributed by atoms with E-state index >= 15 is 0 Å². The number of aromatic nitrogens is 1. The number of carbonyl (C=O) groups excluding carboxylic acids is 1. The molecule has 0 unspecified atom stereocenters. The molecule has 1 aromatic heterocycles. The topological polar surface area (TPSA) is 36.1 Å². The van der Waals surface area contributed by atoms with Gasteiger partial charge in [0.1, 0.15) is 0 Å². The van der Waals surface area contributed by atoms with Gasteiger partial charge in [0.25, 0.3) is 0 Å². The van der Waals surface area contributed by atoms with E-state index < -0.39 is 0 Å². The number of hydrogen-bond acceptors (Lipinski definition) is 1. The maximum absolute atomic E-state index is 12.2. The summed E-state index contributed by atoms with van der Waals surface area (Å²) in [6.07, 6.45) is 6.60. The number of aromatic amines is 1. The number of nitrogens with one attached hydrogen (secondary N) is 1. The zero-order valence-electron chi connectivity index (χ0n) is 11.9. The summed E-state index contributed by atoms with van der Waals surface area (Å²) < 4.78 is 0. The normalized spacial score (nSPS) is 15.4. The molecule has 2 heterocycles. The Morgan fingerprint density at radius 2 is 2.20 bits per heavy atom. The van der Waals surface area contributed by atoms with Gasteiger partial charge >= 0.3 is 0 Å². The Morgan fingerprint density at radius 3 is 3.00 bits per heavy atom. The minimum atomic E-state index is 0.263. The minimum Gasteiger partial charge on any atom is -0.361 e. The predicted molar refractivity (Wildman–Crippen MR) is 81.6 cm³/mol. The van der Waals surface area contributed by atoms with E-state index in [1.54, 1.807) is 0 Å². The second-order valence-electron chi connectivity index (χ2n) is 5.50. The van der Waals surface area contributed by atoms with E-state index in [1.807, 2.05) is 23.2 Å². The van der Waals surface area contributed by atoms with E-state index in [0.29, 0.717) is 6.42 Å². The van der Waals surface area contributed by atoms with E-state index in [9.17, 15) is 4.79 Å². The third-order valence-electron chi connectivity index (χ3n) is 4.07. The molecule has 0 spiro atoms. The summed E-state index contributed by atoms with van der Waals surface area (Å²) in [5.41, 5.74) is 3.77. The van der Waals surface area contributed by atoms with Gasteiger partial charge in [-0.1, -0.05) is 29.8 Å². The Balaban J connectivity index is 1.63. The summed E-state index contributed by atoms with van der Waals surface area (Å²) in [6.45, 7) is 3.78. The van der Waals surface area contributed by atoms with Crippen LogP contribution in [0.2, 0.25) is 0 Å². The molecule has 1 aliphatic heterocycles. The third kappa shape index (κ3) is 2.62. The van der Waals surface area contributed by atoms with Crippen molar-refractivity contribution in [2.45, 2.75) is 26.2 Å². The van der Waals surface area contributed by atoms with Gasteiger partial charge in [0.05, 0.1) is 0 Å². The molecule has 20 heavy (non-hydrogen) atoms. The van der Waals surface area contributed by atoms with Gasteiger partial charge in [0.15, 0.2) is 0 Å². The van der Waals surface area contributed by atoms with E-state index in [1.165, 1.54) is 16.5 Å². The van der Waals surface area contributed by atoms with Crippen LogP contribution in [-0.2, 0) is 11.2 Å². The quantitative estimate of drug-likeness (QED) is 0.852. The van der Waals surface area contributed by atoms with Crippen molar-refractivity contribution in [3.05, 3.63) is 47.7 Å². The molecule has 0 bridgehead atoms. The van der Waals surface area contributed by atoms with Crippen molar-refractivity contribution in [2.24, 2.45) is 0 Å². The highest BCUT2D eigenvalue weighted by atomic mass is 16.2. The number of carbonyl (C=O) groups is 1. The fourth-order valence-corrected chi connectivity index (χ4v) is 2.74. The van der Waals surface area contributed by atoms with Crippen LogP contribution < -0.4 is 0 Å². The third-order valence-corrected chi connectivity index (χ3v) is 4.07. The van der Waals surface area contributed by atoms with Crippen molar-refractivity contribution in [1.82, 2.24) is 9.88 Å². The Hall–Kier alpha value is -2.03. The van der Waals surface area contributed by atoms with Gasteiger partial charge in [-0.3, -0.25) is 4.79 Å². The van der Waals surface area contributed by atoms with Gasteiger partial charge < -0.3 is 9.88 Å². The molecule has 0 saturated carbocycles. The molecule has 0 fully saturated rings. The van der Waals surface area contributed by atoms with E-state index in [4.69, 9.17) is 0 Å². The van der Waals surface area contributed by atoms with Crippen molar-refractivity contribution in [3.63, 3.8) is 0 Å². The lowest BCUT2D eigenvalue weighted by molar-refractivity contribution is -0.130. The summed E-state index contributed by atoms with van der Waals surface area (Å²) in [5, 5.41) is 1.23. The van der Waals surface area contributed by atoms with Gasteiger partial charge in [-0.15, -0.1) is 0 Å². The number of para-hydroxylation sites is 1. The lowest BCUT2D eigenvalue weighted by atomic mass is 10.1. The van der Waals surface area contributed by atoms with Crippen LogP contribution in [0.15, 0.2) is 42.1 Å². The Morgan fingerprint density at radius 1 is 1.35 bits per heavy atom. The molecule has 1 aromatic carbocycles. The molecule has 1 amide bonds. The van der Waals surface area contributed by atoms with Crippen LogP contribution in [0.1, 0.15) is 25.3 Å². The summed E-state index contributed by atoms with van der Waals surface area (Å²) in [5.74, 6) is 0.263. The highest BCUT2D eigenvalue weighted by Crippen LogP contribution is 2.19. The number of hydrogen-bond donors (Lipinski definition) is 1. The monoisotopic (exact) mass is 268 g/mol. The van der Waals surface area contributed by atoms with Crippen LogP contribution in [0.5, 0.6) is 0 Å². The largest absolute Gasteiger partial charge is 0.361 e. The van der Waals surface area contributed by atoms with Gasteiger partial charge in [-0.25, -0.2) is 0 Å². The highest BCUT2D eigenvalue weighted by Gasteiger charge is 2.16. The fourth-order valence-electron chi connectivity index (χ4n) is 2.74. The first-order valence-electron chi connectivity index (χ1n) is 7.22. The van der Waals surface area contributed by atoms with Crippen molar-refractivity contribution in [1.29, 1.82) is 0 Å². The van der Waals surface area contributed by atoms with Gasteiger partial charge in [0.2, 0.25) is 5.91 Å². The Kier molecular flexibility index (Phi) is 3.59. The molecule has 1 N–H and O–H groups in total. The van der Waals surface area contributed by atoms with E-state index in [2.05, 4.69) is 30.1 Å². The highest BCUT2D eigenvalue weighted by molar-refractivity contribution is 5.84. The maximum Gasteiger partial charge on any atom is 0.223 e. The zero-order valence-corrected chi connectivity index (χ0v) is 11.9. The molecular weight excluding hydrogens is 248 g/mol. The van der Waals surface area contributed by atoms with Crippen molar-refractivity contribution >= 4 is 16.8 Å². The first kappa shape index (κ1) is 13.0. The number of benzene rings is 1. The predicted octanol–water partition coefficient (Wildman–Crippen LogP) is 3.28. The van der Waals surface area contributed by atoms with Crippen LogP contribution in [0.3, 0.4) is 0 Å². The Labute approximate surface area is 119 Å². The van der Waals surface area contributed by atoms with Crippen molar-refractivity contribution in [2.75, 3.05) is 13.1 Å². The number of H-pyrrole nitrogens is 1. The lowest BCUT2D eigenvalue weighted by Gasteiger charge is -2.25. The first-order valence-corrected chi connectivity index (χ1v) is 7.22. The molecule has 2 aromatic rings. The molecule has 3 nitrogen and oxygen atoms in total. The van der Waals surface area contributed by atoms with E-state index in [0.717, 1.165) is 31.4 Å². The van der Waals surface area contributed by atoms with Gasteiger partial charge in [0, 0.05) is 36.6 Å². The molecule has 0 atom stereocenters. The lowest BCUT2D eigenvalue weighted by Crippen LogP contribution is -2.34. The first-order chi connectivity index (χ1) is 9.74. The SMILES string of the molecule is CC1=CCN(C(=O)CCc2c[nH]c3ccccc23)CC1. The van der Waals surface area contributed by atoms with Crippen LogP contribution >= 0.6 is 0 Å². The fraction of sp³-hybridized carbons (Fsp3) is 0.353. The number of nitrogens with zero attached hydrogens (tertiary/aromatic N) is 1. The molecule has 3 heteroatoms. The molecular formula is C17H20N2O. The number of rotatable bonds is 3. The van der Waals surface area contributed by atoms with Gasteiger partial charge in [-0.2, -0.15) is 0 Å². The Bertz CT molecular complexity index is 654. The number of fused-ring (bicyclic) bond motifs is 1. The zero-order chi connectivity index (χ0) is 13.9. The number of aryl methyl sites for hydroxylation is 1. The summed E-state index contributed by atoms with van der Waals surface area (Å²) in [7, 11) is 0.